The van der Waals surface area contributed by atoms with Gasteiger partial charge in [-0.05, 0) is 49.6 Å². The summed E-state index contributed by atoms with van der Waals surface area (Å²) in [6.07, 6.45) is 2.71. The number of anilines is 1. The molecule has 3 N–H and O–H groups in total. The van der Waals surface area contributed by atoms with Crippen LogP contribution in [-0.4, -0.2) is 52.3 Å². The average Bonchev–Trinajstić information content (AvgIpc) is 3.23. The Bertz CT molecular complexity index is 1340. The maximum atomic E-state index is 13.7. The van der Waals surface area contributed by atoms with E-state index in [4.69, 9.17) is 10.6 Å². The van der Waals surface area contributed by atoms with Gasteiger partial charge < -0.3 is 15.9 Å². The molecule has 1 aliphatic rings. The molecular formula is C23H27FN6O4S2. The summed E-state index contributed by atoms with van der Waals surface area (Å²) in [5.74, 6) is 5.41. The summed E-state index contributed by atoms with van der Waals surface area (Å²) in [4.78, 5) is 12.7. The molecule has 2 aromatic carbocycles. The van der Waals surface area contributed by atoms with Gasteiger partial charge in [0.05, 0.1) is 10.6 Å². The van der Waals surface area contributed by atoms with Crippen LogP contribution in [0.1, 0.15) is 30.7 Å². The maximum absolute atomic E-state index is 13.7. The van der Waals surface area contributed by atoms with Gasteiger partial charge in [0.1, 0.15) is 6.61 Å². The van der Waals surface area contributed by atoms with Gasteiger partial charge in [0.2, 0.25) is 21.1 Å². The van der Waals surface area contributed by atoms with E-state index in [0.717, 1.165) is 31.0 Å². The highest BCUT2D eigenvalue weighted by Crippen LogP contribution is 2.26. The zero-order chi connectivity index (χ0) is 25.7. The number of thioether (sulfide) groups is 1. The fraction of sp³-hybridized carbons (Fsp3) is 0.348. The first-order valence-corrected chi connectivity index (χ1v) is 13.8. The highest BCUT2D eigenvalue weighted by atomic mass is 32.2. The van der Waals surface area contributed by atoms with Gasteiger partial charge in [-0.25, -0.2) is 17.5 Å². The Balaban J connectivity index is 1.35. The van der Waals surface area contributed by atoms with E-state index in [1.807, 2.05) is 0 Å². The second-order valence-corrected chi connectivity index (χ2v) is 11.1. The number of aryl methyl sites for hydroxylation is 1. The number of hydrogen-bond donors (Lipinski definition) is 2. The zero-order valence-corrected chi connectivity index (χ0v) is 21.3. The minimum Gasteiger partial charge on any atom is -0.482 e. The number of halogens is 1. The van der Waals surface area contributed by atoms with Crippen LogP contribution in [0.5, 0.6) is 5.75 Å². The second-order valence-electron chi connectivity index (χ2n) is 8.27. The van der Waals surface area contributed by atoms with Crippen molar-refractivity contribution >= 4 is 33.4 Å². The normalized spacial score (nSPS) is 14.5. The average molecular weight is 535 g/mol. The van der Waals surface area contributed by atoms with Gasteiger partial charge >= 0.3 is 0 Å². The predicted octanol–water partition coefficient (Wildman–Crippen LogP) is 2.92. The topological polar surface area (TPSA) is 132 Å². The largest absolute Gasteiger partial charge is 0.482 e. The van der Waals surface area contributed by atoms with Gasteiger partial charge in [0.25, 0.3) is 0 Å². The number of rotatable bonds is 9. The van der Waals surface area contributed by atoms with Crippen LogP contribution >= 0.6 is 11.8 Å². The van der Waals surface area contributed by atoms with Gasteiger partial charge in [-0.2, -0.15) is 4.31 Å². The molecule has 1 aromatic heterocycles. The molecule has 13 heteroatoms. The van der Waals surface area contributed by atoms with Crippen molar-refractivity contribution < 1.29 is 22.3 Å². The summed E-state index contributed by atoms with van der Waals surface area (Å²) in [5, 5.41) is 10.9. The van der Waals surface area contributed by atoms with Gasteiger partial charge in [-0.15, -0.1) is 10.2 Å². The Morgan fingerprint density at radius 1 is 1.17 bits per heavy atom. The predicted molar refractivity (Wildman–Crippen MR) is 134 cm³/mol. The summed E-state index contributed by atoms with van der Waals surface area (Å²) in [7, 11) is -3.63. The SMILES string of the molecule is Cc1ccc(NC(=O)CSc2nnc(COc3ccccc3F)n2N)cc1S(=O)(=O)N1CCCCC1. The molecule has 1 amide bonds. The third-order valence-electron chi connectivity index (χ3n) is 5.67. The molecule has 0 atom stereocenters. The van der Waals surface area contributed by atoms with Gasteiger partial charge in [0, 0.05) is 18.8 Å². The molecule has 36 heavy (non-hydrogen) atoms. The Hall–Kier alpha value is -3.16. The first kappa shape index (κ1) is 25.9. The molecule has 0 aliphatic carbocycles. The number of carbonyl (C=O) groups excluding carboxylic acids is 1. The highest BCUT2D eigenvalue weighted by Gasteiger charge is 2.27. The molecule has 0 radical (unpaired) electrons. The van der Waals surface area contributed by atoms with Crippen molar-refractivity contribution in [1.29, 1.82) is 0 Å². The molecule has 0 saturated carbocycles. The molecule has 0 spiro atoms. The van der Waals surface area contributed by atoms with Gasteiger partial charge in [0.15, 0.2) is 17.4 Å². The number of carbonyl (C=O) groups is 1. The number of aromatic nitrogens is 3. The summed E-state index contributed by atoms with van der Waals surface area (Å²) in [6.45, 7) is 2.64. The van der Waals surface area contributed by atoms with Crippen molar-refractivity contribution in [2.75, 3.05) is 30.0 Å². The summed E-state index contributed by atoms with van der Waals surface area (Å²) in [6, 6.07) is 10.8. The molecule has 2 heterocycles. The first-order chi connectivity index (χ1) is 17.3. The Morgan fingerprint density at radius 3 is 2.67 bits per heavy atom. The number of ether oxygens (including phenoxy) is 1. The molecule has 0 unspecified atom stereocenters. The van der Waals surface area contributed by atoms with E-state index in [1.165, 1.54) is 27.2 Å². The fourth-order valence-electron chi connectivity index (χ4n) is 3.74. The van der Waals surface area contributed by atoms with Crippen LogP contribution in [0.3, 0.4) is 0 Å². The molecular weight excluding hydrogens is 507 g/mol. The lowest BCUT2D eigenvalue weighted by atomic mass is 10.2. The van der Waals surface area contributed by atoms with Gasteiger partial charge in [-0.1, -0.05) is 36.4 Å². The van der Waals surface area contributed by atoms with E-state index in [1.54, 1.807) is 31.2 Å². The van der Waals surface area contributed by atoms with Crippen LogP contribution in [0.2, 0.25) is 0 Å². The number of para-hydroxylation sites is 1. The standard InChI is InChI=1S/C23H27FN6O4S2/c1-16-9-10-17(13-20(16)36(32,33)29-11-5-2-6-12-29)26-22(31)15-35-23-28-27-21(30(23)25)14-34-19-8-4-3-7-18(19)24/h3-4,7-10,13H,2,5-6,11-12,14-15,25H2,1H3,(H,26,31). The maximum Gasteiger partial charge on any atom is 0.243 e. The molecule has 1 fully saturated rings. The minimum absolute atomic E-state index is 0.0361. The zero-order valence-electron chi connectivity index (χ0n) is 19.7. The van der Waals surface area contributed by atoms with Crippen LogP contribution < -0.4 is 15.9 Å². The Labute approximate surface area is 213 Å². The smallest absolute Gasteiger partial charge is 0.243 e. The third-order valence-corrected chi connectivity index (χ3v) is 8.65. The number of nitrogens with two attached hydrogens (primary N) is 1. The number of nitrogens with one attached hydrogen (secondary N) is 1. The number of nitrogen functional groups attached to an aromatic ring is 1. The lowest BCUT2D eigenvalue weighted by Gasteiger charge is -2.26. The molecule has 3 aromatic rings. The van der Waals surface area contributed by atoms with Crippen molar-refractivity contribution in [2.45, 2.75) is 42.8 Å². The lowest BCUT2D eigenvalue weighted by molar-refractivity contribution is -0.113. The first-order valence-electron chi connectivity index (χ1n) is 11.4. The number of hydrogen-bond acceptors (Lipinski definition) is 8. The number of piperidine rings is 1. The van der Waals surface area contributed by atoms with Crippen LogP contribution in [-0.2, 0) is 21.4 Å². The molecule has 1 saturated heterocycles. The number of amides is 1. The fourth-order valence-corrected chi connectivity index (χ4v) is 6.18. The second kappa shape index (κ2) is 11.3. The molecule has 10 nitrogen and oxygen atoms in total. The van der Waals surface area contributed by atoms with Gasteiger partial charge in [-0.3, -0.25) is 4.79 Å². The summed E-state index contributed by atoms with van der Waals surface area (Å²) >= 11 is 1.05. The number of benzene rings is 2. The van der Waals surface area contributed by atoms with Crippen molar-refractivity contribution in [1.82, 2.24) is 19.2 Å². The molecule has 1 aliphatic heterocycles. The van der Waals surface area contributed by atoms with E-state index in [9.17, 15) is 17.6 Å². The molecule has 0 bridgehead atoms. The van der Waals surface area contributed by atoms with E-state index in [-0.39, 0.29) is 39.9 Å². The van der Waals surface area contributed by atoms with Crippen molar-refractivity contribution in [3.8, 4) is 5.75 Å². The summed E-state index contributed by atoms with van der Waals surface area (Å²) < 4.78 is 48.0. The third kappa shape index (κ3) is 5.97. The van der Waals surface area contributed by atoms with Crippen molar-refractivity contribution in [3.05, 3.63) is 59.7 Å². The number of sulfonamides is 1. The number of nitrogens with zero attached hydrogens (tertiary/aromatic N) is 4. The van der Waals surface area contributed by atoms with E-state index in [2.05, 4.69) is 15.5 Å². The summed E-state index contributed by atoms with van der Waals surface area (Å²) in [5.41, 5.74) is 1.00. The van der Waals surface area contributed by atoms with E-state index < -0.39 is 15.8 Å². The molecule has 192 valence electrons. The van der Waals surface area contributed by atoms with Crippen molar-refractivity contribution in [2.24, 2.45) is 0 Å². The van der Waals surface area contributed by atoms with E-state index >= 15 is 0 Å². The monoisotopic (exact) mass is 534 g/mol. The molecule has 4 rings (SSSR count). The highest BCUT2D eigenvalue weighted by molar-refractivity contribution is 7.99. The van der Waals surface area contributed by atoms with Crippen LogP contribution in [0.4, 0.5) is 10.1 Å². The van der Waals surface area contributed by atoms with Crippen LogP contribution in [0.15, 0.2) is 52.5 Å². The Kier molecular flexibility index (Phi) is 8.11. The van der Waals surface area contributed by atoms with Crippen molar-refractivity contribution in [3.63, 3.8) is 0 Å². The van der Waals surface area contributed by atoms with E-state index in [0.29, 0.717) is 24.3 Å². The minimum atomic E-state index is -3.63. The van der Waals surface area contributed by atoms with Crippen LogP contribution in [0, 0.1) is 12.7 Å². The van der Waals surface area contributed by atoms with Crippen LogP contribution in [0.25, 0.3) is 0 Å². The lowest BCUT2D eigenvalue weighted by Crippen LogP contribution is -2.36. The quantitative estimate of drug-likeness (QED) is 0.316. The Morgan fingerprint density at radius 2 is 1.92 bits per heavy atom.